The molecular weight excluding hydrogens is 350 g/mol. The lowest BCUT2D eigenvalue weighted by Gasteiger charge is -2.27. The van der Waals surface area contributed by atoms with Gasteiger partial charge in [0.15, 0.2) is 0 Å². The zero-order chi connectivity index (χ0) is 18.4. The molecular formula is C20H23NO4S. The molecule has 138 valence electrons. The fraction of sp³-hybridized carbons (Fsp3) is 0.350. The minimum absolute atomic E-state index is 0.0236. The average molecular weight is 373 g/mol. The van der Waals surface area contributed by atoms with Crippen LogP contribution >= 0.6 is 11.8 Å². The molecule has 26 heavy (non-hydrogen) atoms. The summed E-state index contributed by atoms with van der Waals surface area (Å²) in [5.74, 6) is 2.08. The predicted molar refractivity (Wildman–Crippen MR) is 102 cm³/mol. The topological polar surface area (TPSA) is 48.0 Å². The molecule has 0 aliphatic carbocycles. The van der Waals surface area contributed by atoms with Crippen molar-refractivity contribution in [3.05, 3.63) is 53.6 Å². The van der Waals surface area contributed by atoms with Gasteiger partial charge >= 0.3 is 0 Å². The van der Waals surface area contributed by atoms with Crippen molar-refractivity contribution in [3.63, 3.8) is 0 Å². The molecule has 1 heterocycles. The Morgan fingerprint density at radius 3 is 2.27 bits per heavy atom. The Hall–Kier alpha value is -2.18. The molecule has 5 nitrogen and oxygen atoms in total. The number of carbonyl (C=O) groups excluding carboxylic acids is 1. The third-order valence-electron chi connectivity index (χ3n) is 4.23. The van der Waals surface area contributed by atoms with E-state index in [1.165, 1.54) is 5.56 Å². The Morgan fingerprint density at radius 1 is 1.08 bits per heavy atom. The molecule has 0 radical (unpaired) electrons. The molecule has 0 spiro atoms. The number of morpholine rings is 1. The Labute approximate surface area is 158 Å². The second-order valence-corrected chi connectivity index (χ2v) is 6.87. The number of carbonyl (C=O) groups is 1. The maximum atomic E-state index is 12.8. The first-order chi connectivity index (χ1) is 12.7. The number of rotatable bonds is 6. The standard InChI is InChI=1S/C20H23NO4S/c1-23-17-12-16(20(22)21-8-10-25-11-9-21)13-18(24-2)19(17)26-14-15-6-4-3-5-7-15/h3-7,12-13H,8-11,14H2,1-2H3. The van der Waals surface area contributed by atoms with Gasteiger partial charge in [0, 0.05) is 24.4 Å². The smallest absolute Gasteiger partial charge is 0.254 e. The fourth-order valence-corrected chi connectivity index (χ4v) is 3.90. The molecule has 1 amide bonds. The maximum absolute atomic E-state index is 12.8. The predicted octanol–water partition coefficient (Wildman–Crippen LogP) is 3.47. The molecule has 0 N–H and O–H groups in total. The molecule has 1 aliphatic rings. The number of hydrogen-bond donors (Lipinski definition) is 0. The summed E-state index contributed by atoms with van der Waals surface area (Å²) in [4.78, 5) is 15.5. The lowest BCUT2D eigenvalue weighted by Crippen LogP contribution is -2.40. The van der Waals surface area contributed by atoms with Crippen LogP contribution in [-0.2, 0) is 10.5 Å². The number of nitrogens with zero attached hydrogens (tertiary/aromatic N) is 1. The van der Waals surface area contributed by atoms with Crippen molar-refractivity contribution in [1.29, 1.82) is 0 Å². The van der Waals surface area contributed by atoms with E-state index < -0.39 is 0 Å². The molecule has 6 heteroatoms. The van der Waals surface area contributed by atoms with Gasteiger partial charge in [-0.15, -0.1) is 11.8 Å². The van der Waals surface area contributed by atoms with E-state index in [2.05, 4.69) is 12.1 Å². The number of benzene rings is 2. The van der Waals surface area contributed by atoms with Crippen molar-refractivity contribution in [1.82, 2.24) is 4.90 Å². The number of amides is 1. The second kappa shape index (κ2) is 8.96. The van der Waals surface area contributed by atoms with Crippen LogP contribution in [-0.4, -0.2) is 51.3 Å². The summed E-state index contributed by atoms with van der Waals surface area (Å²) < 4.78 is 16.4. The lowest BCUT2D eigenvalue weighted by molar-refractivity contribution is 0.0302. The van der Waals surface area contributed by atoms with Crippen molar-refractivity contribution in [2.75, 3.05) is 40.5 Å². The van der Waals surface area contributed by atoms with E-state index in [1.54, 1.807) is 43.0 Å². The highest BCUT2D eigenvalue weighted by Gasteiger charge is 2.22. The summed E-state index contributed by atoms with van der Waals surface area (Å²) in [7, 11) is 3.23. The van der Waals surface area contributed by atoms with Crippen LogP contribution < -0.4 is 9.47 Å². The molecule has 1 aliphatic heterocycles. The molecule has 0 atom stereocenters. The molecule has 1 saturated heterocycles. The van der Waals surface area contributed by atoms with Gasteiger partial charge in [0.1, 0.15) is 11.5 Å². The number of thioether (sulfide) groups is 1. The molecule has 3 rings (SSSR count). The quantitative estimate of drug-likeness (QED) is 0.726. The van der Waals surface area contributed by atoms with Crippen LogP contribution in [0.15, 0.2) is 47.4 Å². The Balaban J connectivity index is 1.84. The van der Waals surface area contributed by atoms with Crippen LogP contribution in [0.4, 0.5) is 0 Å². The minimum atomic E-state index is -0.0236. The van der Waals surface area contributed by atoms with E-state index in [1.807, 2.05) is 18.2 Å². The molecule has 0 unspecified atom stereocenters. The highest BCUT2D eigenvalue weighted by atomic mass is 32.2. The van der Waals surface area contributed by atoms with Crippen LogP contribution in [0.5, 0.6) is 11.5 Å². The average Bonchev–Trinajstić information content (AvgIpc) is 2.72. The molecule has 1 fully saturated rings. The first kappa shape index (κ1) is 18.6. The Kier molecular flexibility index (Phi) is 6.41. The first-order valence-electron chi connectivity index (χ1n) is 8.52. The SMILES string of the molecule is COc1cc(C(=O)N2CCOCC2)cc(OC)c1SCc1ccccc1. The summed E-state index contributed by atoms with van der Waals surface area (Å²) in [5, 5.41) is 0. The van der Waals surface area contributed by atoms with E-state index in [-0.39, 0.29) is 5.91 Å². The van der Waals surface area contributed by atoms with Gasteiger partial charge in [-0.25, -0.2) is 0 Å². The van der Waals surface area contributed by atoms with E-state index in [0.29, 0.717) is 43.4 Å². The summed E-state index contributed by atoms with van der Waals surface area (Å²) >= 11 is 1.64. The highest BCUT2D eigenvalue weighted by Crippen LogP contribution is 2.40. The van der Waals surface area contributed by atoms with Gasteiger partial charge in [0.25, 0.3) is 5.91 Å². The molecule has 0 bridgehead atoms. The van der Waals surface area contributed by atoms with E-state index in [4.69, 9.17) is 14.2 Å². The Bertz CT molecular complexity index is 720. The van der Waals surface area contributed by atoms with Gasteiger partial charge in [0.2, 0.25) is 0 Å². The van der Waals surface area contributed by atoms with Crippen molar-refractivity contribution in [3.8, 4) is 11.5 Å². The van der Waals surface area contributed by atoms with Crippen molar-refractivity contribution >= 4 is 17.7 Å². The Morgan fingerprint density at radius 2 is 1.69 bits per heavy atom. The van der Waals surface area contributed by atoms with Crippen LogP contribution in [0, 0.1) is 0 Å². The van der Waals surface area contributed by atoms with Gasteiger partial charge in [-0.3, -0.25) is 4.79 Å². The summed E-state index contributed by atoms with van der Waals surface area (Å²) in [6.45, 7) is 2.36. The second-order valence-electron chi connectivity index (χ2n) is 5.89. The summed E-state index contributed by atoms with van der Waals surface area (Å²) in [5.41, 5.74) is 1.79. The van der Waals surface area contributed by atoms with Gasteiger partial charge in [-0.1, -0.05) is 30.3 Å². The summed E-state index contributed by atoms with van der Waals surface area (Å²) in [6, 6.07) is 13.8. The first-order valence-corrected chi connectivity index (χ1v) is 9.51. The van der Waals surface area contributed by atoms with E-state index in [0.717, 1.165) is 10.6 Å². The lowest BCUT2D eigenvalue weighted by atomic mass is 10.1. The van der Waals surface area contributed by atoms with E-state index in [9.17, 15) is 4.79 Å². The van der Waals surface area contributed by atoms with Gasteiger partial charge in [0.05, 0.1) is 32.3 Å². The zero-order valence-corrected chi connectivity index (χ0v) is 15.9. The number of hydrogen-bond acceptors (Lipinski definition) is 5. The van der Waals surface area contributed by atoms with Gasteiger partial charge in [-0.2, -0.15) is 0 Å². The number of ether oxygens (including phenoxy) is 3. The van der Waals surface area contributed by atoms with Crippen LogP contribution in [0.1, 0.15) is 15.9 Å². The van der Waals surface area contributed by atoms with Gasteiger partial charge in [-0.05, 0) is 17.7 Å². The third kappa shape index (κ3) is 4.31. The fourth-order valence-electron chi connectivity index (χ4n) is 2.82. The monoisotopic (exact) mass is 373 g/mol. The molecule has 2 aromatic rings. The molecule has 2 aromatic carbocycles. The summed E-state index contributed by atoms with van der Waals surface area (Å²) in [6.07, 6.45) is 0. The van der Waals surface area contributed by atoms with Crippen molar-refractivity contribution in [2.24, 2.45) is 0 Å². The van der Waals surface area contributed by atoms with Crippen LogP contribution in [0.3, 0.4) is 0 Å². The highest BCUT2D eigenvalue weighted by molar-refractivity contribution is 7.98. The van der Waals surface area contributed by atoms with E-state index >= 15 is 0 Å². The van der Waals surface area contributed by atoms with Gasteiger partial charge < -0.3 is 19.1 Å². The van der Waals surface area contributed by atoms with Crippen molar-refractivity contribution < 1.29 is 19.0 Å². The maximum Gasteiger partial charge on any atom is 0.254 e. The van der Waals surface area contributed by atoms with Crippen LogP contribution in [0.2, 0.25) is 0 Å². The minimum Gasteiger partial charge on any atom is -0.495 e. The normalized spacial score (nSPS) is 14.2. The largest absolute Gasteiger partial charge is 0.495 e. The third-order valence-corrected chi connectivity index (χ3v) is 5.40. The van der Waals surface area contributed by atoms with Crippen LogP contribution in [0.25, 0.3) is 0 Å². The molecule has 0 aromatic heterocycles. The zero-order valence-electron chi connectivity index (χ0n) is 15.1. The molecule has 0 saturated carbocycles. The number of methoxy groups -OCH3 is 2. The van der Waals surface area contributed by atoms with Crippen molar-refractivity contribution in [2.45, 2.75) is 10.6 Å².